The first-order chi connectivity index (χ1) is 19.2. The van der Waals surface area contributed by atoms with Crippen molar-refractivity contribution in [3.63, 3.8) is 0 Å². The van der Waals surface area contributed by atoms with E-state index in [4.69, 9.17) is 0 Å². The Kier molecular flexibility index (Phi) is 6.91. The zero-order valence-electron chi connectivity index (χ0n) is 22.1. The quantitative estimate of drug-likeness (QED) is 0.333. The Bertz CT molecular complexity index is 1760. The average Bonchev–Trinajstić information content (AvgIpc) is 3.24. The van der Waals surface area contributed by atoms with Gasteiger partial charge in [0.05, 0.1) is 11.2 Å². The fraction of sp³-hybridized carbons (Fsp3) is 0.133. The van der Waals surface area contributed by atoms with Crippen molar-refractivity contribution in [2.75, 3.05) is 24.4 Å². The second kappa shape index (κ2) is 10.5. The van der Waals surface area contributed by atoms with Crippen LogP contribution in [-0.2, 0) is 11.3 Å². The predicted molar refractivity (Wildman–Crippen MR) is 153 cm³/mol. The number of nitrogens with zero attached hydrogens (tertiary/aromatic N) is 4. The Balaban J connectivity index is 1.58. The van der Waals surface area contributed by atoms with E-state index in [9.17, 15) is 19.5 Å². The summed E-state index contributed by atoms with van der Waals surface area (Å²) in [6.45, 7) is 2.11. The summed E-state index contributed by atoms with van der Waals surface area (Å²) in [4.78, 5) is 44.4. The molecule has 2 N–H and O–H groups in total. The first-order valence-electron chi connectivity index (χ1n) is 12.5. The second-order valence-electron chi connectivity index (χ2n) is 9.38. The molecule has 0 radical (unpaired) electrons. The number of aromatic carboxylic acids is 1. The number of aromatic nitrogens is 1. The number of pyridine rings is 1. The van der Waals surface area contributed by atoms with E-state index < -0.39 is 28.7 Å². The molecule has 0 aliphatic carbocycles. The van der Waals surface area contributed by atoms with Crippen molar-refractivity contribution in [3.8, 4) is 0 Å². The Labute approximate surface area is 229 Å². The Hall–Kier alpha value is -5.25. The molecule has 1 aliphatic rings. The van der Waals surface area contributed by atoms with Crippen molar-refractivity contribution < 1.29 is 19.1 Å². The lowest BCUT2D eigenvalue weighted by Crippen LogP contribution is -2.38. The number of benzene rings is 3. The van der Waals surface area contributed by atoms with E-state index in [1.165, 1.54) is 17.3 Å². The second-order valence-corrected chi connectivity index (χ2v) is 9.38. The summed E-state index contributed by atoms with van der Waals surface area (Å²) in [5.41, 5.74) is 4.42. The first kappa shape index (κ1) is 26.4. The maximum Gasteiger partial charge on any atom is 0.341 e. The summed E-state index contributed by atoms with van der Waals surface area (Å²) in [5.74, 6) is -2.44. The van der Waals surface area contributed by atoms with Gasteiger partial charge in [0.25, 0.3) is 5.91 Å². The molecule has 1 aliphatic heterocycles. The van der Waals surface area contributed by atoms with Crippen molar-refractivity contribution in [2.24, 2.45) is 4.99 Å². The van der Waals surface area contributed by atoms with Crippen LogP contribution in [0.2, 0.25) is 0 Å². The molecule has 1 aromatic heterocycles. The molecule has 202 valence electrons. The fourth-order valence-electron chi connectivity index (χ4n) is 4.46. The number of carbonyl (C=O) groups is 2. The number of amidine groups is 1. The molecule has 0 unspecified atom stereocenters. The van der Waals surface area contributed by atoms with E-state index in [2.05, 4.69) is 10.4 Å². The Morgan fingerprint density at radius 3 is 2.40 bits per heavy atom. The maximum atomic E-state index is 15.4. The van der Waals surface area contributed by atoms with E-state index in [1.807, 2.05) is 49.3 Å². The number of carbonyl (C=O) groups excluding carboxylic acids is 1. The van der Waals surface area contributed by atoms with Crippen molar-refractivity contribution >= 4 is 46.1 Å². The van der Waals surface area contributed by atoms with Gasteiger partial charge in [0.15, 0.2) is 5.84 Å². The number of carboxylic acid groups (broad SMARTS) is 1. The SMILES string of the molecule is CCn1cc(C(=O)O)c(=O)c2cc(F)c(NN3C(=O)/C(=C\c4ccc(N(C)C)cc4)N=C3c3ccccc3)cc21. The zero-order valence-corrected chi connectivity index (χ0v) is 22.1. The number of anilines is 2. The van der Waals surface area contributed by atoms with E-state index in [1.54, 1.807) is 41.8 Å². The number of carboxylic acids is 1. The highest BCUT2D eigenvalue weighted by Gasteiger charge is 2.32. The minimum Gasteiger partial charge on any atom is -0.477 e. The highest BCUT2D eigenvalue weighted by molar-refractivity contribution is 6.20. The Morgan fingerprint density at radius 1 is 1.07 bits per heavy atom. The van der Waals surface area contributed by atoms with Gasteiger partial charge in [-0.15, -0.1) is 0 Å². The molecule has 0 spiro atoms. The zero-order chi connectivity index (χ0) is 28.6. The topological polar surface area (TPSA) is 107 Å². The minimum absolute atomic E-state index is 0.0729. The largest absolute Gasteiger partial charge is 0.477 e. The van der Waals surface area contributed by atoms with Gasteiger partial charge >= 0.3 is 5.97 Å². The summed E-state index contributed by atoms with van der Waals surface area (Å²) in [6.07, 6.45) is 2.89. The third-order valence-corrected chi connectivity index (χ3v) is 6.58. The summed E-state index contributed by atoms with van der Waals surface area (Å²) in [7, 11) is 3.87. The molecule has 3 aromatic carbocycles. The molecule has 0 fully saturated rings. The van der Waals surface area contributed by atoms with E-state index in [0.717, 1.165) is 17.3 Å². The van der Waals surface area contributed by atoms with Gasteiger partial charge in [-0.2, -0.15) is 5.01 Å². The molecule has 1 amide bonds. The molecule has 10 heteroatoms. The number of aryl methyl sites for hydroxylation is 1. The van der Waals surface area contributed by atoms with Crippen LogP contribution in [-0.4, -0.2) is 46.5 Å². The van der Waals surface area contributed by atoms with Gasteiger partial charge in [0, 0.05) is 43.5 Å². The van der Waals surface area contributed by atoms with Gasteiger partial charge in [0.2, 0.25) is 5.43 Å². The van der Waals surface area contributed by atoms with E-state index in [-0.39, 0.29) is 22.6 Å². The van der Waals surface area contributed by atoms with Crippen molar-refractivity contribution in [3.05, 3.63) is 111 Å². The average molecular weight is 540 g/mol. The molecular formula is C30H26FN5O4. The molecule has 0 atom stereocenters. The van der Waals surface area contributed by atoms with Gasteiger partial charge in [-0.25, -0.2) is 14.2 Å². The van der Waals surface area contributed by atoms with Crippen molar-refractivity contribution in [2.45, 2.75) is 13.5 Å². The van der Waals surface area contributed by atoms with Crippen LogP contribution in [0, 0.1) is 5.82 Å². The lowest BCUT2D eigenvalue weighted by atomic mass is 10.1. The molecule has 2 heterocycles. The van der Waals surface area contributed by atoms with Gasteiger partial charge in [0.1, 0.15) is 17.1 Å². The standard InChI is InChI=1S/C30H26FN5O4/c1-4-35-17-22(30(39)40)27(37)21-15-23(31)24(16-26(21)35)33-36-28(19-8-6-5-7-9-19)32-25(29(36)38)14-18-10-12-20(13-11-18)34(2)3/h5-17,33H,4H2,1-3H3,(H,39,40)/b25-14+. The van der Waals surface area contributed by atoms with Gasteiger partial charge < -0.3 is 14.6 Å². The number of rotatable bonds is 7. The molecule has 9 nitrogen and oxygen atoms in total. The molecule has 0 saturated heterocycles. The Morgan fingerprint density at radius 2 is 1.77 bits per heavy atom. The normalized spacial score (nSPS) is 14.1. The van der Waals surface area contributed by atoms with Gasteiger partial charge in [-0.1, -0.05) is 42.5 Å². The van der Waals surface area contributed by atoms with Crippen LogP contribution in [0.3, 0.4) is 0 Å². The molecule has 4 aromatic rings. The van der Waals surface area contributed by atoms with Crippen LogP contribution in [0.4, 0.5) is 15.8 Å². The number of hydrazine groups is 1. The summed E-state index contributed by atoms with van der Waals surface area (Å²) in [5, 5.41) is 10.5. The predicted octanol–water partition coefficient (Wildman–Crippen LogP) is 4.58. The number of fused-ring (bicyclic) bond motifs is 1. The number of hydrogen-bond donors (Lipinski definition) is 2. The van der Waals surface area contributed by atoms with Crippen molar-refractivity contribution in [1.82, 2.24) is 9.58 Å². The highest BCUT2D eigenvalue weighted by Crippen LogP contribution is 2.27. The number of hydrogen-bond acceptors (Lipinski definition) is 6. The van der Waals surface area contributed by atoms with Crippen LogP contribution in [0.5, 0.6) is 0 Å². The fourth-order valence-corrected chi connectivity index (χ4v) is 4.46. The molecule has 0 bridgehead atoms. The van der Waals surface area contributed by atoms with E-state index in [0.29, 0.717) is 17.6 Å². The third kappa shape index (κ3) is 4.82. The third-order valence-electron chi connectivity index (χ3n) is 6.58. The van der Waals surface area contributed by atoms with Gasteiger partial charge in [-0.3, -0.25) is 15.0 Å². The maximum absolute atomic E-state index is 15.4. The molecule has 0 saturated carbocycles. The van der Waals surface area contributed by atoms with Crippen LogP contribution >= 0.6 is 0 Å². The molecular weight excluding hydrogens is 513 g/mol. The minimum atomic E-state index is -1.39. The van der Waals surface area contributed by atoms with Gasteiger partial charge in [-0.05, 0) is 42.8 Å². The van der Waals surface area contributed by atoms with Crippen LogP contribution in [0.25, 0.3) is 17.0 Å². The molecule has 40 heavy (non-hydrogen) atoms. The molecule has 5 rings (SSSR count). The van der Waals surface area contributed by atoms with Crippen LogP contribution in [0.1, 0.15) is 28.4 Å². The number of amides is 1. The highest BCUT2D eigenvalue weighted by atomic mass is 19.1. The lowest BCUT2D eigenvalue weighted by Gasteiger charge is -2.21. The summed E-state index contributed by atoms with van der Waals surface area (Å²) >= 11 is 0. The first-order valence-corrected chi connectivity index (χ1v) is 12.5. The summed E-state index contributed by atoms with van der Waals surface area (Å²) < 4.78 is 16.9. The lowest BCUT2D eigenvalue weighted by molar-refractivity contribution is -0.121. The summed E-state index contributed by atoms with van der Waals surface area (Å²) in [6, 6.07) is 19.0. The number of nitrogens with one attached hydrogen (secondary N) is 1. The van der Waals surface area contributed by atoms with E-state index >= 15 is 4.39 Å². The monoisotopic (exact) mass is 539 g/mol. The number of halogens is 1. The smallest absolute Gasteiger partial charge is 0.341 e. The number of aliphatic imine (C=N–C) groups is 1. The van der Waals surface area contributed by atoms with Crippen LogP contribution < -0.4 is 15.8 Å². The van der Waals surface area contributed by atoms with Crippen LogP contribution in [0.15, 0.2) is 88.4 Å². The van der Waals surface area contributed by atoms with Crippen molar-refractivity contribution in [1.29, 1.82) is 0 Å².